The van der Waals surface area contributed by atoms with E-state index in [1.165, 1.54) is 11.1 Å². The molecule has 0 bridgehead atoms. The van der Waals surface area contributed by atoms with Crippen LogP contribution in [0.4, 0.5) is 0 Å². The molecule has 6 heteroatoms. The third-order valence-electron chi connectivity index (χ3n) is 5.24. The number of hydrogen-bond acceptors (Lipinski definition) is 4. The molecule has 0 spiro atoms. The van der Waals surface area contributed by atoms with Crippen LogP contribution in [0.1, 0.15) is 38.4 Å². The van der Waals surface area contributed by atoms with Gasteiger partial charge in [0.1, 0.15) is 5.56 Å². The summed E-state index contributed by atoms with van der Waals surface area (Å²) in [5, 5.41) is 4.47. The third kappa shape index (κ3) is 3.32. The highest BCUT2D eigenvalue weighted by atomic mass is 16.5. The van der Waals surface area contributed by atoms with Crippen LogP contribution in [0.5, 0.6) is 0 Å². The fourth-order valence-corrected chi connectivity index (χ4v) is 3.56. The Morgan fingerprint density at radius 1 is 1.11 bits per heavy atom. The van der Waals surface area contributed by atoms with E-state index in [1.54, 1.807) is 10.7 Å². The van der Waals surface area contributed by atoms with Gasteiger partial charge in [-0.05, 0) is 31.9 Å². The number of fused-ring (bicyclic) bond motifs is 1. The van der Waals surface area contributed by atoms with E-state index in [4.69, 9.17) is 9.72 Å². The maximum atomic E-state index is 12.9. The molecule has 1 fully saturated rings. The first-order valence-corrected chi connectivity index (χ1v) is 9.31. The van der Waals surface area contributed by atoms with Gasteiger partial charge in [0.15, 0.2) is 5.65 Å². The van der Waals surface area contributed by atoms with Gasteiger partial charge < -0.3 is 9.64 Å². The van der Waals surface area contributed by atoms with Gasteiger partial charge in [0.25, 0.3) is 5.91 Å². The van der Waals surface area contributed by atoms with Crippen LogP contribution in [0, 0.1) is 20.8 Å². The van der Waals surface area contributed by atoms with Gasteiger partial charge in [-0.25, -0.2) is 9.50 Å². The van der Waals surface area contributed by atoms with Crippen molar-refractivity contribution in [2.45, 2.75) is 27.2 Å². The van der Waals surface area contributed by atoms with Crippen LogP contribution in [0.3, 0.4) is 0 Å². The molecule has 0 aliphatic carbocycles. The molecule has 1 amide bonds. The zero-order valence-corrected chi connectivity index (χ0v) is 16.0. The van der Waals surface area contributed by atoms with Crippen LogP contribution >= 0.6 is 0 Å². The summed E-state index contributed by atoms with van der Waals surface area (Å²) in [4.78, 5) is 19.4. The fraction of sp³-hybridized carbons (Fsp3) is 0.381. The highest BCUT2D eigenvalue weighted by Gasteiger charge is 2.24. The van der Waals surface area contributed by atoms with E-state index < -0.39 is 0 Å². The highest BCUT2D eigenvalue weighted by Crippen LogP contribution is 2.21. The number of benzene rings is 1. The number of carbonyl (C=O) groups is 1. The molecular weight excluding hydrogens is 340 g/mol. The van der Waals surface area contributed by atoms with Gasteiger partial charge in [-0.1, -0.05) is 29.8 Å². The molecule has 1 aliphatic heterocycles. The maximum absolute atomic E-state index is 12.9. The van der Waals surface area contributed by atoms with E-state index in [1.807, 2.05) is 18.7 Å². The van der Waals surface area contributed by atoms with Gasteiger partial charge in [0.2, 0.25) is 0 Å². The first-order chi connectivity index (χ1) is 13.0. The minimum absolute atomic E-state index is 0.0223. The number of morpholine rings is 1. The molecular formula is C21H24N4O2. The topological polar surface area (TPSA) is 59.7 Å². The van der Waals surface area contributed by atoms with Gasteiger partial charge in [-0.15, -0.1) is 0 Å². The fourth-order valence-electron chi connectivity index (χ4n) is 3.56. The van der Waals surface area contributed by atoms with E-state index in [2.05, 4.69) is 36.3 Å². The summed E-state index contributed by atoms with van der Waals surface area (Å²) in [6, 6.07) is 8.54. The van der Waals surface area contributed by atoms with E-state index in [9.17, 15) is 4.79 Å². The Balaban J connectivity index is 1.70. The summed E-state index contributed by atoms with van der Waals surface area (Å²) >= 11 is 0. The molecule has 1 aromatic carbocycles. The number of ether oxygens (including phenoxy) is 1. The van der Waals surface area contributed by atoms with Crippen molar-refractivity contribution in [3.8, 4) is 0 Å². The minimum Gasteiger partial charge on any atom is -0.378 e. The molecule has 1 saturated heterocycles. The lowest BCUT2D eigenvalue weighted by Gasteiger charge is -2.26. The number of carbonyl (C=O) groups excluding carboxylic acids is 1. The normalized spacial score (nSPS) is 14.7. The zero-order chi connectivity index (χ0) is 19.0. The van der Waals surface area contributed by atoms with Crippen molar-refractivity contribution in [1.82, 2.24) is 19.5 Å². The number of aromatic nitrogens is 3. The van der Waals surface area contributed by atoms with E-state index in [0.29, 0.717) is 37.5 Å². The Hall–Kier alpha value is -2.73. The largest absolute Gasteiger partial charge is 0.378 e. The molecule has 3 heterocycles. The highest BCUT2D eigenvalue weighted by molar-refractivity contribution is 5.99. The molecule has 27 heavy (non-hydrogen) atoms. The molecule has 2 aromatic heterocycles. The molecule has 3 aromatic rings. The maximum Gasteiger partial charge on any atom is 0.259 e. The number of amides is 1. The SMILES string of the molecule is Cc1ccc(Cc2c(C)nc3c(C(=O)N4CCOCC4)cnn3c2C)cc1. The van der Waals surface area contributed by atoms with Gasteiger partial charge in [-0.3, -0.25) is 4.79 Å². The molecule has 140 valence electrons. The first kappa shape index (κ1) is 17.7. The summed E-state index contributed by atoms with van der Waals surface area (Å²) in [6.45, 7) is 8.52. The van der Waals surface area contributed by atoms with Gasteiger partial charge in [0, 0.05) is 30.9 Å². The van der Waals surface area contributed by atoms with Crippen molar-refractivity contribution >= 4 is 11.6 Å². The molecule has 6 nitrogen and oxygen atoms in total. The Morgan fingerprint density at radius 3 is 2.52 bits per heavy atom. The van der Waals surface area contributed by atoms with Crippen LogP contribution in [-0.4, -0.2) is 51.7 Å². The standard InChI is InChI=1S/C21H24N4O2/c1-14-4-6-17(7-5-14)12-18-15(2)23-20-19(13-22-25(20)16(18)3)21(26)24-8-10-27-11-9-24/h4-7,13H,8-12H2,1-3H3. The summed E-state index contributed by atoms with van der Waals surface area (Å²) in [5.74, 6) is -0.0223. The molecule has 0 atom stereocenters. The second-order valence-corrected chi connectivity index (χ2v) is 7.12. The Labute approximate surface area is 158 Å². The molecule has 4 rings (SSSR count). The number of nitrogens with zero attached hydrogens (tertiary/aromatic N) is 4. The van der Waals surface area contributed by atoms with Crippen LogP contribution in [-0.2, 0) is 11.2 Å². The van der Waals surface area contributed by atoms with Crippen LogP contribution in [0.15, 0.2) is 30.5 Å². The third-order valence-corrected chi connectivity index (χ3v) is 5.24. The predicted octanol–water partition coefficient (Wildman–Crippen LogP) is 2.72. The minimum atomic E-state index is -0.0223. The first-order valence-electron chi connectivity index (χ1n) is 9.31. The van der Waals surface area contributed by atoms with Crippen LogP contribution in [0.2, 0.25) is 0 Å². The zero-order valence-electron chi connectivity index (χ0n) is 16.0. The van der Waals surface area contributed by atoms with E-state index in [-0.39, 0.29) is 5.91 Å². The van der Waals surface area contributed by atoms with Crippen molar-refractivity contribution in [1.29, 1.82) is 0 Å². The van der Waals surface area contributed by atoms with Crippen molar-refractivity contribution in [2.24, 2.45) is 0 Å². The van der Waals surface area contributed by atoms with Crippen LogP contribution < -0.4 is 0 Å². The number of aryl methyl sites for hydroxylation is 3. The second-order valence-electron chi connectivity index (χ2n) is 7.12. The lowest BCUT2D eigenvalue weighted by molar-refractivity contribution is 0.0304. The summed E-state index contributed by atoms with van der Waals surface area (Å²) in [7, 11) is 0. The smallest absolute Gasteiger partial charge is 0.259 e. The lowest BCUT2D eigenvalue weighted by Crippen LogP contribution is -2.40. The van der Waals surface area contributed by atoms with E-state index >= 15 is 0 Å². The van der Waals surface area contributed by atoms with Crippen molar-refractivity contribution in [2.75, 3.05) is 26.3 Å². The van der Waals surface area contributed by atoms with E-state index in [0.717, 1.165) is 23.4 Å². The van der Waals surface area contributed by atoms with Gasteiger partial charge in [0.05, 0.1) is 19.4 Å². The lowest BCUT2D eigenvalue weighted by atomic mass is 10.0. The summed E-state index contributed by atoms with van der Waals surface area (Å²) in [5.41, 5.74) is 6.80. The van der Waals surface area contributed by atoms with Gasteiger partial charge in [-0.2, -0.15) is 5.10 Å². The Kier molecular flexibility index (Phi) is 4.66. The Bertz CT molecular complexity index is 986. The number of hydrogen-bond donors (Lipinski definition) is 0. The van der Waals surface area contributed by atoms with Crippen molar-refractivity contribution in [3.05, 3.63) is 64.1 Å². The van der Waals surface area contributed by atoms with Crippen molar-refractivity contribution < 1.29 is 9.53 Å². The molecule has 1 aliphatic rings. The van der Waals surface area contributed by atoms with Gasteiger partial charge >= 0.3 is 0 Å². The summed E-state index contributed by atoms with van der Waals surface area (Å²) < 4.78 is 7.14. The number of rotatable bonds is 3. The molecule has 0 N–H and O–H groups in total. The van der Waals surface area contributed by atoms with Crippen LogP contribution in [0.25, 0.3) is 5.65 Å². The molecule has 0 unspecified atom stereocenters. The average molecular weight is 364 g/mol. The predicted molar refractivity (Wildman–Crippen MR) is 103 cm³/mol. The second kappa shape index (κ2) is 7.12. The quantitative estimate of drug-likeness (QED) is 0.717. The molecule has 0 radical (unpaired) electrons. The Morgan fingerprint density at radius 2 is 1.81 bits per heavy atom. The monoisotopic (exact) mass is 364 g/mol. The average Bonchev–Trinajstić information content (AvgIpc) is 3.10. The summed E-state index contributed by atoms with van der Waals surface area (Å²) in [6.07, 6.45) is 2.44. The van der Waals surface area contributed by atoms with Crippen molar-refractivity contribution in [3.63, 3.8) is 0 Å². The molecule has 0 saturated carbocycles.